The lowest BCUT2D eigenvalue weighted by atomic mass is 9.90. The van der Waals surface area contributed by atoms with Crippen LogP contribution in [0.15, 0.2) is 65.8 Å². The highest BCUT2D eigenvalue weighted by Crippen LogP contribution is 2.22. The number of nitrogens with zero attached hydrogens (tertiary/aromatic N) is 2. The molecule has 28 heavy (non-hydrogen) atoms. The molecular formula is C23H26N4O. The number of amides is 1. The predicted octanol–water partition coefficient (Wildman–Crippen LogP) is 4.45. The minimum absolute atomic E-state index is 0.0609. The van der Waals surface area contributed by atoms with Crippen molar-refractivity contribution in [2.45, 2.75) is 27.2 Å². The smallest absolute Gasteiger partial charge is 0.258 e. The van der Waals surface area contributed by atoms with Crippen molar-refractivity contribution in [2.24, 2.45) is 22.6 Å². The van der Waals surface area contributed by atoms with Crippen LogP contribution < -0.4 is 11.1 Å². The van der Waals surface area contributed by atoms with Crippen LogP contribution in [-0.4, -0.2) is 16.9 Å². The Bertz CT molecular complexity index is 996. The number of nitrogens with two attached hydrogens (primary N) is 1. The molecule has 3 aromatic rings. The Balaban J connectivity index is 1.87. The predicted molar refractivity (Wildman–Crippen MR) is 115 cm³/mol. The van der Waals surface area contributed by atoms with E-state index < -0.39 is 0 Å². The Morgan fingerprint density at radius 1 is 1.11 bits per heavy atom. The van der Waals surface area contributed by atoms with Crippen LogP contribution in [0.1, 0.15) is 36.7 Å². The lowest BCUT2D eigenvalue weighted by Crippen LogP contribution is -2.36. The number of hydrogen-bond donors (Lipinski definition) is 2. The summed E-state index contributed by atoms with van der Waals surface area (Å²) in [5.41, 5.74) is 9.12. The topological polar surface area (TPSA) is 80.4 Å². The number of carbonyl (C=O) groups is 1. The van der Waals surface area contributed by atoms with E-state index in [1.54, 1.807) is 12.3 Å². The van der Waals surface area contributed by atoms with Crippen molar-refractivity contribution in [2.75, 3.05) is 0 Å². The molecule has 0 saturated carbocycles. The molecule has 0 aliphatic heterocycles. The molecule has 1 amide bonds. The Kier molecular flexibility index (Phi) is 6.04. The lowest BCUT2D eigenvalue weighted by molar-refractivity contribution is 0.0978. The number of aromatic nitrogens is 1. The second-order valence-electron chi connectivity index (χ2n) is 7.42. The molecule has 0 aliphatic carbocycles. The van der Waals surface area contributed by atoms with Crippen molar-refractivity contribution in [3.63, 3.8) is 0 Å². The monoisotopic (exact) mass is 374 g/mol. The Morgan fingerprint density at radius 3 is 2.57 bits per heavy atom. The van der Waals surface area contributed by atoms with Crippen LogP contribution in [0.3, 0.4) is 0 Å². The summed E-state index contributed by atoms with van der Waals surface area (Å²) < 4.78 is 0. The summed E-state index contributed by atoms with van der Waals surface area (Å²) in [6, 6.07) is 17.1. The zero-order valence-corrected chi connectivity index (χ0v) is 16.5. The fourth-order valence-corrected chi connectivity index (χ4v) is 2.98. The first-order chi connectivity index (χ1) is 13.4. The summed E-state index contributed by atoms with van der Waals surface area (Å²) in [6.07, 6.45) is 2.60. The first kappa shape index (κ1) is 19.5. The average Bonchev–Trinajstić information content (AvgIpc) is 2.68. The number of hydrogen-bond acceptors (Lipinski definition) is 3. The van der Waals surface area contributed by atoms with Gasteiger partial charge in [0.1, 0.15) is 0 Å². The van der Waals surface area contributed by atoms with E-state index in [4.69, 9.17) is 5.73 Å². The second-order valence-corrected chi connectivity index (χ2v) is 7.42. The van der Waals surface area contributed by atoms with Gasteiger partial charge in [0.15, 0.2) is 0 Å². The van der Waals surface area contributed by atoms with Crippen molar-refractivity contribution >= 4 is 28.5 Å². The largest absolute Gasteiger partial charge is 0.369 e. The molecule has 1 heterocycles. The molecule has 3 N–H and O–H groups in total. The van der Waals surface area contributed by atoms with Gasteiger partial charge in [-0.1, -0.05) is 45.0 Å². The molecule has 0 radical (unpaired) electrons. The molecule has 0 saturated heterocycles. The van der Waals surface area contributed by atoms with E-state index in [1.807, 2.05) is 36.4 Å². The van der Waals surface area contributed by atoms with E-state index >= 15 is 0 Å². The van der Waals surface area contributed by atoms with Gasteiger partial charge >= 0.3 is 0 Å². The van der Waals surface area contributed by atoms with E-state index in [9.17, 15) is 4.79 Å². The van der Waals surface area contributed by atoms with Gasteiger partial charge in [0.25, 0.3) is 5.91 Å². The average molecular weight is 374 g/mol. The maximum absolute atomic E-state index is 12.8. The zero-order valence-electron chi connectivity index (χ0n) is 16.5. The van der Waals surface area contributed by atoms with Crippen LogP contribution in [0.25, 0.3) is 10.9 Å². The number of para-hydroxylation sites is 1. The number of guanidine groups is 1. The second kappa shape index (κ2) is 8.65. The number of carbonyl (C=O) groups excluding carboxylic acids is 1. The van der Waals surface area contributed by atoms with Crippen LogP contribution in [0, 0.1) is 11.8 Å². The normalized spacial score (nSPS) is 12.9. The Labute approximate surface area is 165 Å². The third kappa shape index (κ3) is 4.74. The van der Waals surface area contributed by atoms with Crippen LogP contribution in [0.5, 0.6) is 0 Å². The Morgan fingerprint density at radius 2 is 1.86 bits per heavy atom. The summed E-state index contributed by atoms with van der Waals surface area (Å²) in [5.74, 6) is 0.922. The van der Waals surface area contributed by atoms with Crippen molar-refractivity contribution < 1.29 is 4.79 Å². The maximum atomic E-state index is 12.8. The number of pyridine rings is 1. The molecule has 1 aromatic heterocycles. The first-order valence-corrected chi connectivity index (χ1v) is 9.52. The lowest BCUT2D eigenvalue weighted by Gasteiger charge is -2.16. The number of nitrogens with one attached hydrogen (secondary N) is 1. The molecule has 0 bridgehead atoms. The molecule has 0 spiro atoms. The number of benzene rings is 2. The van der Waals surface area contributed by atoms with Gasteiger partial charge in [-0.05, 0) is 54.2 Å². The highest BCUT2D eigenvalue weighted by molar-refractivity contribution is 6.12. The van der Waals surface area contributed by atoms with Crippen LogP contribution in [0.4, 0.5) is 5.69 Å². The molecule has 5 nitrogen and oxygen atoms in total. The zero-order chi connectivity index (χ0) is 20.1. The van der Waals surface area contributed by atoms with Crippen LogP contribution in [0.2, 0.25) is 0 Å². The SMILES string of the molecule is CC(C)C(C)Cc1ccc2nccc(C(=O)NC(N)=Nc3ccccc3)c2c1. The van der Waals surface area contributed by atoms with E-state index in [2.05, 4.69) is 48.2 Å². The van der Waals surface area contributed by atoms with E-state index in [0.717, 1.165) is 17.3 Å². The summed E-state index contributed by atoms with van der Waals surface area (Å²) in [4.78, 5) is 21.4. The molecule has 2 aromatic carbocycles. The van der Waals surface area contributed by atoms with Gasteiger partial charge in [-0.25, -0.2) is 4.99 Å². The number of fused-ring (bicyclic) bond motifs is 1. The van der Waals surface area contributed by atoms with Crippen molar-refractivity contribution in [3.05, 3.63) is 71.9 Å². The van der Waals surface area contributed by atoms with Crippen molar-refractivity contribution in [3.8, 4) is 0 Å². The summed E-state index contributed by atoms with van der Waals surface area (Å²) in [5, 5.41) is 3.50. The van der Waals surface area contributed by atoms with Crippen LogP contribution in [-0.2, 0) is 6.42 Å². The first-order valence-electron chi connectivity index (χ1n) is 9.52. The molecular weight excluding hydrogens is 348 g/mol. The van der Waals surface area contributed by atoms with Crippen LogP contribution >= 0.6 is 0 Å². The third-order valence-corrected chi connectivity index (χ3v) is 4.99. The molecule has 144 valence electrons. The molecule has 3 rings (SSSR count). The van der Waals surface area contributed by atoms with E-state index in [-0.39, 0.29) is 11.9 Å². The van der Waals surface area contributed by atoms with Gasteiger partial charge in [0.05, 0.1) is 16.8 Å². The fraction of sp³-hybridized carbons (Fsp3) is 0.261. The summed E-state index contributed by atoms with van der Waals surface area (Å²) in [7, 11) is 0. The number of aliphatic imine (C=N–C) groups is 1. The van der Waals surface area contributed by atoms with E-state index in [0.29, 0.717) is 23.1 Å². The van der Waals surface area contributed by atoms with Gasteiger partial charge < -0.3 is 5.73 Å². The molecule has 0 fully saturated rings. The van der Waals surface area contributed by atoms with Gasteiger partial charge in [0.2, 0.25) is 5.96 Å². The molecule has 1 atom stereocenters. The summed E-state index contributed by atoms with van der Waals surface area (Å²) >= 11 is 0. The standard InChI is InChI=1S/C23H26N4O/c1-15(2)16(3)13-17-9-10-21-20(14-17)19(11-12-25-21)22(28)27-23(24)26-18-7-5-4-6-8-18/h4-12,14-16H,13H2,1-3H3,(H3,24,26,27,28). The van der Waals surface area contributed by atoms with Crippen molar-refractivity contribution in [1.82, 2.24) is 10.3 Å². The van der Waals surface area contributed by atoms with Gasteiger partial charge in [-0.2, -0.15) is 0 Å². The fourth-order valence-electron chi connectivity index (χ4n) is 2.98. The quantitative estimate of drug-likeness (QED) is 0.511. The van der Waals surface area contributed by atoms with Gasteiger partial charge in [0, 0.05) is 11.6 Å². The van der Waals surface area contributed by atoms with Gasteiger partial charge in [-0.3, -0.25) is 15.1 Å². The Hall–Kier alpha value is -3.21. The van der Waals surface area contributed by atoms with E-state index in [1.165, 1.54) is 5.56 Å². The molecule has 1 unspecified atom stereocenters. The third-order valence-electron chi connectivity index (χ3n) is 4.99. The summed E-state index contributed by atoms with van der Waals surface area (Å²) in [6.45, 7) is 6.69. The minimum atomic E-state index is -0.293. The van der Waals surface area contributed by atoms with Crippen molar-refractivity contribution in [1.29, 1.82) is 0 Å². The highest BCUT2D eigenvalue weighted by atomic mass is 16.1. The van der Waals surface area contributed by atoms with Gasteiger partial charge in [-0.15, -0.1) is 0 Å². The highest BCUT2D eigenvalue weighted by Gasteiger charge is 2.14. The molecule has 5 heteroatoms. The number of rotatable bonds is 5. The molecule has 0 aliphatic rings. The maximum Gasteiger partial charge on any atom is 0.258 e. The minimum Gasteiger partial charge on any atom is -0.369 e.